The molecule has 0 fully saturated rings. The van der Waals surface area contributed by atoms with Crippen LogP contribution in [0.4, 0.5) is 35.1 Å². The molecule has 274 valence electrons. The van der Waals surface area contributed by atoms with Crippen molar-refractivity contribution in [2.75, 3.05) is 13.2 Å². The van der Waals surface area contributed by atoms with E-state index < -0.39 is 65.3 Å². The quantitative estimate of drug-likeness (QED) is 0.0218. The maximum atomic E-state index is 14.7. The van der Waals surface area contributed by atoms with Crippen molar-refractivity contribution in [3.8, 4) is 29.1 Å². The van der Waals surface area contributed by atoms with Gasteiger partial charge in [0.2, 0.25) is 11.6 Å². The molecule has 4 rings (SSSR count). The van der Waals surface area contributed by atoms with Gasteiger partial charge in [0.1, 0.15) is 17.1 Å². The van der Waals surface area contributed by atoms with Gasteiger partial charge < -0.3 is 14.2 Å². The van der Waals surface area contributed by atoms with Crippen molar-refractivity contribution in [3.05, 3.63) is 124 Å². The van der Waals surface area contributed by atoms with Crippen molar-refractivity contribution in [3.63, 3.8) is 0 Å². The summed E-state index contributed by atoms with van der Waals surface area (Å²) in [7, 11) is 0. The molecule has 0 spiro atoms. The van der Waals surface area contributed by atoms with Gasteiger partial charge in [0.05, 0.1) is 12.2 Å². The Kier molecular flexibility index (Phi) is 13.8. The lowest BCUT2D eigenvalue weighted by atomic mass is 10.0. The molecular formula is C39H32F8O5. The van der Waals surface area contributed by atoms with Crippen molar-refractivity contribution in [2.24, 2.45) is 0 Å². The summed E-state index contributed by atoms with van der Waals surface area (Å²) in [4.78, 5) is 25.5. The van der Waals surface area contributed by atoms with E-state index in [1.54, 1.807) is 0 Å². The van der Waals surface area contributed by atoms with Gasteiger partial charge in [-0.05, 0) is 79.2 Å². The lowest BCUT2D eigenvalue weighted by Crippen LogP contribution is -2.33. The second-order valence-corrected chi connectivity index (χ2v) is 11.5. The second-order valence-electron chi connectivity index (χ2n) is 11.5. The van der Waals surface area contributed by atoms with Crippen molar-refractivity contribution >= 4 is 11.8 Å². The fraction of sp³-hybridized carbons (Fsp3) is 0.282. The maximum Gasteiger partial charge on any atom is 0.343 e. The second kappa shape index (κ2) is 18.2. The van der Waals surface area contributed by atoms with E-state index in [1.807, 2.05) is 0 Å². The predicted octanol–water partition coefficient (Wildman–Crippen LogP) is 10.1. The fourth-order valence-corrected chi connectivity index (χ4v) is 4.68. The lowest BCUT2D eigenvalue weighted by molar-refractivity contribution is -0.148. The Bertz CT molecular complexity index is 1870. The third-order valence-electron chi connectivity index (χ3n) is 7.61. The van der Waals surface area contributed by atoms with Gasteiger partial charge in [0.25, 0.3) is 0 Å². The highest BCUT2D eigenvalue weighted by molar-refractivity contribution is 6.09. The zero-order valence-electron chi connectivity index (χ0n) is 27.7. The molecule has 13 heteroatoms. The van der Waals surface area contributed by atoms with Gasteiger partial charge >= 0.3 is 18.3 Å². The van der Waals surface area contributed by atoms with E-state index in [2.05, 4.69) is 23.5 Å². The van der Waals surface area contributed by atoms with Crippen molar-refractivity contribution in [2.45, 2.75) is 57.8 Å². The summed E-state index contributed by atoms with van der Waals surface area (Å²) >= 11 is 0. The third kappa shape index (κ3) is 10.3. The number of unbranched alkanes of at least 4 members (excludes halogenated alkanes) is 5. The normalized spacial score (nSPS) is 11.2. The standard InChI is InChI=1S/C39H32F8O5/c1-2-3-4-5-6-7-22-50-36-33(42)31(40)30(32(41)34(36)43)21-10-24-8-11-27(12-9-24)37(49)52-29-19-15-26(16-20-29)35(48)25-13-17-28(18-14-25)51-23-39(46,47)38(44)45/h8-9,11-20,38H,2-7,22-23H2,1H3. The molecule has 5 nitrogen and oxygen atoms in total. The molecule has 0 saturated heterocycles. The zero-order valence-corrected chi connectivity index (χ0v) is 27.7. The Hall–Kier alpha value is -5.38. The van der Waals surface area contributed by atoms with E-state index in [0.717, 1.165) is 32.1 Å². The van der Waals surface area contributed by atoms with Gasteiger partial charge in [-0.3, -0.25) is 4.79 Å². The minimum Gasteiger partial charge on any atom is -0.487 e. The van der Waals surface area contributed by atoms with Crippen LogP contribution in [0, 0.1) is 35.1 Å². The van der Waals surface area contributed by atoms with Gasteiger partial charge in [-0.25, -0.2) is 22.4 Å². The zero-order chi connectivity index (χ0) is 37.8. The van der Waals surface area contributed by atoms with Crippen LogP contribution in [-0.2, 0) is 0 Å². The number of halogens is 8. The molecule has 0 atom stereocenters. The van der Waals surface area contributed by atoms with Crippen molar-refractivity contribution in [1.29, 1.82) is 0 Å². The molecule has 0 aliphatic rings. The van der Waals surface area contributed by atoms with E-state index in [-0.39, 0.29) is 40.4 Å². The topological polar surface area (TPSA) is 61.8 Å². The summed E-state index contributed by atoms with van der Waals surface area (Å²) in [5.41, 5.74) is -0.572. The molecule has 0 radical (unpaired) electrons. The SMILES string of the molecule is CCCCCCCCOc1c(F)c(F)c(C#Cc2ccc(C(=O)Oc3ccc(C(=O)c4ccc(OCC(F)(F)C(F)F)cc4)cc3)cc2)c(F)c1F. The molecule has 0 amide bonds. The average molecular weight is 733 g/mol. The summed E-state index contributed by atoms with van der Waals surface area (Å²) < 4.78 is 124. The smallest absolute Gasteiger partial charge is 0.343 e. The van der Waals surface area contributed by atoms with Crippen LogP contribution in [0.2, 0.25) is 0 Å². The molecule has 4 aromatic rings. The fourth-order valence-electron chi connectivity index (χ4n) is 4.68. The number of carbonyl (C=O) groups excluding carboxylic acids is 2. The summed E-state index contributed by atoms with van der Waals surface area (Å²) in [5.74, 6) is -9.07. The van der Waals surface area contributed by atoms with Gasteiger partial charge in [-0.15, -0.1) is 0 Å². The van der Waals surface area contributed by atoms with Crippen LogP contribution in [-0.4, -0.2) is 37.3 Å². The minimum absolute atomic E-state index is 0.0561. The summed E-state index contributed by atoms with van der Waals surface area (Å²) in [5, 5.41) is 0. The first-order chi connectivity index (χ1) is 24.8. The van der Waals surface area contributed by atoms with Gasteiger partial charge in [0.15, 0.2) is 29.8 Å². The number of rotatable bonds is 16. The van der Waals surface area contributed by atoms with E-state index in [1.165, 1.54) is 72.8 Å². The van der Waals surface area contributed by atoms with Crippen LogP contribution in [0.5, 0.6) is 17.2 Å². The molecule has 0 heterocycles. The summed E-state index contributed by atoms with van der Waals surface area (Å²) in [6, 6.07) is 15.6. The predicted molar refractivity (Wildman–Crippen MR) is 175 cm³/mol. The largest absolute Gasteiger partial charge is 0.487 e. The van der Waals surface area contributed by atoms with Crippen LogP contribution in [0.25, 0.3) is 0 Å². The molecule has 0 saturated carbocycles. The van der Waals surface area contributed by atoms with E-state index in [0.29, 0.717) is 6.42 Å². The minimum atomic E-state index is -4.33. The first-order valence-corrected chi connectivity index (χ1v) is 16.2. The first-order valence-electron chi connectivity index (χ1n) is 16.2. The molecule has 0 N–H and O–H groups in total. The summed E-state index contributed by atoms with van der Waals surface area (Å²) in [6.45, 7) is 0.424. The van der Waals surface area contributed by atoms with Gasteiger partial charge in [0, 0.05) is 16.7 Å². The highest BCUT2D eigenvalue weighted by atomic mass is 19.3. The van der Waals surface area contributed by atoms with Crippen LogP contribution >= 0.6 is 0 Å². The molecule has 0 aromatic heterocycles. The highest BCUT2D eigenvalue weighted by Gasteiger charge is 2.41. The highest BCUT2D eigenvalue weighted by Crippen LogP contribution is 2.30. The Labute approximate surface area is 294 Å². The van der Waals surface area contributed by atoms with Gasteiger partial charge in [-0.1, -0.05) is 50.9 Å². The van der Waals surface area contributed by atoms with Crippen LogP contribution in [0.15, 0.2) is 72.8 Å². The average Bonchev–Trinajstić information content (AvgIpc) is 3.14. The number of hydrogen-bond donors (Lipinski definition) is 0. The Morgan fingerprint density at radius 2 is 1.17 bits per heavy atom. The lowest BCUT2D eigenvalue weighted by Gasteiger charge is -2.16. The Balaban J connectivity index is 1.33. The molecule has 0 bridgehead atoms. The van der Waals surface area contributed by atoms with Crippen LogP contribution in [0.3, 0.4) is 0 Å². The molecule has 0 aliphatic carbocycles. The van der Waals surface area contributed by atoms with Crippen molar-refractivity contribution in [1.82, 2.24) is 0 Å². The number of hydrogen-bond acceptors (Lipinski definition) is 5. The number of ether oxygens (including phenoxy) is 3. The first kappa shape index (κ1) is 39.4. The number of carbonyl (C=O) groups is 2. The van der Waals surface area contributed by atoms with E-state index in [9.17, 15) is 44.7 Å². The summed E-state index contributed by atoms with van der Waals surface area (Å²) in [6.07, 6.45) is 1.36. The maximum absolute atomic E-state index is 14.7. The number of benzene rings is 4. The number of ketones is 1. The van der Waals surface area contributed by atoms with Gasteiger partial charge in [-0.2, -0.15) is 17.6 Å². The third-order valence-corrected chi connectivity index (χ3v) is 7.61. The monoisotopic (exact) mass is 732 g/mol. The molecule has 52 heavy (non-hydrogen) atoms. The molecular weight excluding hydrogens is 700 g/mol. The van der Waals surface area contributed by atoms with E-state index in [4.69, 9.17) is 9.47 Å². The van der Waals surface area contributed by atoms with E-state index >= 15 is 0 Å². The number of esters is 1. The Morgan fingerprint density at radius 1 is 0.654 bits per heavy atom. The van der Waals surface area contributed by atoms with Crippen molar-refractivity contribution < 1.29 is 58.9 Å². The number of alkyl halides is 4. The molecule has 0 aliphatic heterocycles. The molecule has 4 aromatic carbocycles. The molecule has 0 unspecified atom stereocenters. The van der Waals surface area contributed by atoms with Crippen LogP contribution in [0.1, 0.15) is 82.9 Å². The van der Waals surface area contributed by atoms with Crippen LogP contribution < -0.4 is 14.2 Å². The Morgan fingerprint density at radius 3 is 1.73 bits per heavy atom.